The largest absolute Gasteiger partial charge is 0.445 e. The van der Waals surface area contributed by atoms with E-state index in [4.69, 9.17) is 10.5 Å². The zero-order chi connectivity index (χ0) is 15.0. The Hall–Kier alpha value is -2.57. The Morgan fingerprint density at radius 1 is 1.25 bits per heavy atom. The number of benzene rings is 1. The highest BCUT2D eigenvalue weighted by molar-refractivity contribution is 5.90. The minimum atomic E-state index is -1.04. The van der Waals surface area contributed by atoms with Crippen molar-refractivity contribution in [3.63, 3.8) is 0 Å². The molecule has 1 aromatic rings. The summed E-state index contributed by atoms with van der Waals surface area (Å²) < 4.78 is 4.95. The van der Waals surface area contributed by atoms with Crippen molar-refractivity contribution >= 4 is 17.9 Å². The molecule has 1 aromatic carbocycles. The maximum Gasteiger partial charge on any atom is 0.408 e. The topological polar surface area (TPSA) is 111 Å². The van der Waals surface area contributed by atoms with Crippen molar-refractivity contribution < 1.29 is 19.1 Å². The molecular weight excluding hydrogens is 262 g/mol. The van der Waals surface area contributed by atoms with Crippen LogP contribution in [0.4, 0.5) is 4.79 Å². The second-order valence-electron chi connectivity index (χ2n) is 4.04. The van der Waals surface area contributed by atoms with Gasteiger partial charge in [-0.2, -0.15) is 0 Å². The van der Waals surface area contributed by atoms with Gasteiger partial charge in [0, 0.05) is 7.05 Å². The van der Waals surface area contributed by atoms with Crippen LogP contribution in [0.2, 0.25) is 0 Å². The van der Waals surface area contributed by atoms with Crippen molar-refractivity contribution in [3.05, 3.63) is 35.9 Å². The Labute approximate surface area is 116 Å². The number of nitrogens with two attached hydrogens (primary N) is 1. The Balaban J connectivity index is 2.49. The van der Waals surface area contributed by atoms with Crippen LogP contribution >= 0.6 is 0 Å². The zero-order valence-corrected chi connectivity index (χ0v) is 11.1. The van der Waals surface area contributed by atoms with Crippen LogP contribution in [-0.2, 0) is 20.9 Å². The first kappa shape index (κ1) is 15.5. The molecule has 0 bridgehead atoms. The Morgan fingerprint density at radius 3 is 2.45 bits per heavy atom. The summed E-state index contributed by atoms with van der Waals surface area (Å²) in [6.45, 7) is 0.0731. The lowest BCUT2D eigenvalue weighted by Crippen LogP contribution is -2.47. The van der Waals surface area contributed by atoms with Gasteiger partial charge in [0.25, 0.3) is 0 Å². The van der Waals surface area contributed by atoms with Crippen molar-refractivity contribution in [2.45, 2.75) is 19.1 Å². The second kappa shape index (κ2) is 7.78. The van der Waals surface area contributed by atoms with E-state index in [1.807, 2.05) is 18.2 Å². The summed E-state index contributed by atoms with van der Waals surface area (Å²) in [5.74, 6) is -1.21. The first-order valence-electron chi connectivity index (χ1n) is 6.00. The summed E-state index contributed by atoms with van der Waals surface area (Å²) in [6.07, 6.45) is -1.08. The highest BCUT2D eigenvalue weighted by Crippen LogP contribution is 2.01. The highest BCUT2D eigenvalue weighted by Gasteiger charge is 2.22. The van der Waals surface area contributed by atoms with Gasteiger partial charge in [-0.15, -0.1) is 0 Å². The average molecular weight is 279 g/mol. The van der Waals surface area contributed by atoms with Gasteiger partial charge >= 0.3 is 6.09 Å². The van der Waals surface area contributed by atoms with Gasteiger partial charge < -0.3 is 21.1 Å². The maximum atomic E-state index is 11.6. The van der Waals surface area contributed by atoms with Crippen LogP contribution in [-0.4, -0.2) is 31.0 Å². The van der Waals surface area contributed by atoms with E-state index in [9.17, 15) is 14.4 Å². The number of hydrogen-bond donors (Lipinski definition) is 3. The van der Waals surface area contributed by atoms with Crippen LogP contribution in [0.1, 0.15) is 12.0 Å². The number of carbonyl (C=O) groups is 3. The van der Waals surface area contributed by atoms with E-state index in [0.717, 1.165) is 5.56 Å². The van der Waals surface area contributed by atoms with Gasteiger partial charge in [-0.25, -0.2) is 4.79 Å². The van der Waals surface area contributed by atoms with Gasteiger partial charge in [-0.3, -0.25) is 9.59 Å². The van der Waals surface area contributed by atoms with Crippen LogP contribution < -0.4 is 16.4 Å². The van der Waals surface area contributed by atoms with Crippen LogP contribution in [0.5, 0.6) is 0 Å². The third-order valence-corrected chi connectivity index (χ3v) is 2.47. The fourth-order valence-electron chi connectivity index (χ4n) is 1.49. The van der Waals surface area contributed by atoms with E-state index in [0.29, 0.717) is 0 Å². The summed E-state index contributed by atoms with van der Waals surface area (Å²) in [6, 6.07) is 8.03. The van der Waals surface area contributed by atoms with Crippen molar-refractivity contribution in [2.24, 2.45) is 5.73 Å². The van der Waals surface area contributed by atoms with E-state index >= 15 is 0 Å². The minimum absolute atomic E-state index is 0.0731. The smallest absolute Gasteiger partial charge is 0.408 e. The predicted molar refractivity (Wildman–Crippen MR) is 71.4 cm³/mol. The summed E-state index contributed by atoms with van der Waals surface area (Å²) in [5, 5.41) is 4.63. The maximum absolute atomic E-state index is 11.6. The SMILES string of the molecule is CNC(=O)C(CC(N)=O)NC(=O)OCc1ccccc1. The number of likely N-dealkylation sites (N-methyl/N-ethyl adjacent to an activating group) is 1. The Kier molecular flexibility index (Phi) is 6.02. The van der Waals surface area contributed by atoms with E-state index < -0.39 is 23.9 Å². The fraction of sp³-hybridized carbons (Fsp3) is 0.308. The fourth-order valence-corrected chi connectivity index (χ4v) is 1.49. The number of ether oxygens (including phenoxy) is 1. The summed E-state index contributed by atoms with van der Waals surface area (Å²) in [5.41, 5.74) is 5.83. The summed E-state index contributed by atoms with van der Waals surface area (Å²) in [7, 11) is 1.40. The molecule has 1 atom stereocenters. The molecule has 0 aliphatic heterocycles. The van der Waals surface area contributed by atoms with Crippen LogP contribution in [0.3, 0.4) is 0 Å². The molecule has 0 saturated heterocycles. The van der Waals surface area contributed by atoms with Crippen molar-refractivity contribution in [1.82, 2.24) is 10.6 Å². The van der Waals surface area contributed by atoms with E-state index in [-0.39, 0.29) is 13.0 Å². The number of hydrogen-bond acceptors (Lipinski definition) is 4. The van der Waals surface area contributed by atoms with Crippen LogP contribution in [0.15, 0.2) is 30.3 Å². The molecule has 0 aliphatic carbocycles. The van der Waals surface area contributed by atoms with Gasteiger partial charge in [0.15, 0.2) is 0 Å². The third kappa shape index (κ3) is 5.38. The molecule has 0 fully saturated rings. The Bertz CT molecular complexity index is 476. The number of amides is 3. The number of alkyl carbamates (subject to hydrolysis) is 1. The number of nitrogens with one attached hydrogen (secondary N) is 2. The second-order valence-corrected chi connectivity index (χ2v) is 4.04. The van der Waals surface area contributed by atoms with Crippen LogP contribution in [0, 0.1) is 0 Å². The molecule has 20 heavy (non-hydrogen) atoms. The van der Waals surface area contributed by atoms with E-state index in [1.165, 1.54) is 7.05 Å². The first-order valence-corrected chi connectivity index (χ1v) is 6.00. The third-order valence-electron chi connectivity index (χ3n) is 2.47. The van der Waals surface area contributed by atoms with Crippen molar-refractivity contribution in [1.29, 1.82) is 0 Å². The van der Waals surface area contributed by atoms with Gasteiger partial charge in [0.1, 0.15) is 12.6 Å². The molecule has 4 N–H and O–H groups in total. The van der Waals surface area contributed by atoms with Gasteiger partial charge in [-0.1, -0.05) is 30.3 Å². The quantitative estimate of drug-likeness (QED) is 0.675. The van der Waals surface area contributed by atoms with Gasteiger partial charge in [0.05, 0.1) is 6.42 Å². The minimum Gasteiger partial charge on any atom is -0.445 e. The summed E-state index contributed by atoms with van der Waals surface area (Å²) >= 11 is 0. The molecule has 0 radical (unpaired) electrons. The monoisotopic (exact) mass is 279 g/mol. The molecule has 3 amide bonds. The zero-order valence-electron chi connectivity index (χ0n) is 11.1. The predicted octanol–water partition coefficient (Wildman–Crippen LogP) is -0.0972. The highest BCUT2D eigenvalue weighted by atomic mass is 16.5. The molecule has 1 rings (SSSR count). The number of rotatable bonds is 6. The standard InChI is InChI=1S/C13H17N3O4/c1-15-12(18)10(7-11(14)17)16-13(19)20-8-9-5-3-2-4-6-9/h2-6,10H,7-8H2,1H3,(H2,14,17)(H,15,18)(H,16,19). The Morgan fingerprint density at radius 2 is 1.90 bits per heavy atom. The molecule has 1 unspecified atom stereocenters. The van der Waals surface area contributed by atoms with Gasteiger partial charge in [-0.05, 0) is 5.56 Å². The average Bonchev–Trinajstić information content (AvgIpc) is 2.44. The number of primary amides is 1. The normalized spacial score (nSPS) is 11.2. The number of carbonyl (C=O) groups excluding carboxylic acids is 3. The summed E-state index contributed by atoms with van der Waals surface area (Å²) in [4.78, 5) is 33.9. The molecule has 7 nitrogen and oxygen atoms in total. The molecule has 0 spiro atoms. The van der Waals surface area contributed by atoms with Gasteiger partial charge in [0.2, 0.25) is 11.8 Å². The van der Waals surface area contributed by atoms with E-state index in [2.05, 4.69) is 10.6 Å². The molecule has 0 aliphatic rings. The molecule has 0 saturated carbocycles. The first-order chi connectivity index (χ1) is 9.52. The molecule has 7 heteroatoms. The molecule has 0 heterocycles. The lowest BCUT2D eigenvalue weighted by molar-refractivity contribution is -0.126. The van der Waals surface area contributed by atoms with E-state index in [1.54, 1.807) is 12.1 Å². The van der Waals surface area contributed by atoms with Crippen molar-refractivity contribution in [2.75, 3.05) is 7.05 Å². The van der Waals surface area contributed by atoms with Crippen LogP contribution in [0.25, 0.3) is 0 Å². The lowest BCUT2D eigenvalue weighted by atomic mass is 10.2. The lowest BCUT2D eigenvalue weighted by Gasteiger charge is -2.15. The molecular formula is C13H17N3O4. The molecule has 0 aromatic heterocycles. The molecule has 108 valence electrons. The van der Waals surface area contributed by atoms with Crippen molar-refractivity contribution in [3.8, 4) is 0 Å².